The van der Waals surface area contributed by atoms with Crippen molar-refractivity contribution in [2.75, 3.05) is 6.54 Å². The third kappa shape index (κ3) is 5.77. The molecule has 1 heterocycles. The van der Waals surface area contributed by atoms with E-state index in [-0.39, 0.29) is 18.4 Å². The Labute approximate surface area is 182 Å². The molecular weight excluding hydrogens is 423 g/mol. The van der Waals surface area contributed by atoms with Crippen LogP contribution in [0.2, 0.25) is 0 Å². The summed E-state index contributed by atoms with van der Waals surface area (Å²) in [4.78, 5) is 25.5. The highest BCUT2D eigenvalue weighted by atomic mass is 19.4. The molecule has 1 aromatic heterocycles. The first kappa shape index (κ1) is 23.1. The minimum atomic E-state index is -4.37. The van der Waals surface area contributed by atoms with Crippen LogP contribution in [0.5, 0.6) is 0 Å². The van der Waals surface area contributed by atoms with Gasteiger partial charge in [0.25, 0.3) is 0 Å². The van der Waals surface area contributed by atoms with Gasteiger partial charge in [-0.25, -0.2) is 0 Å². The number of hydrogen-bond acceptors (Lipinski definition) is 5. The minimum absolute atomic E-state index is 0.256. The molecule has 0 fully saturated rings. The van der Waals surface area contributed by atoms with E-state index in [1.54, 1.807) is 0 Å². The summed E-state index contributed by atoms with van der Waals surface area (Å²) in [7, 11) is 0. The van der Waals surface area contributed by atoms with E-state index in [0.717, 1.165) is 33.7 Å². The van der Waals surface area contributed by atoms with Gasteiger partial charge in [-0.1, -0.05) is 36.4 Å². The topological polar surface area (TPSA) is 81.0 Å². The van der Waals surface area contributed by atoms with Gasteiger partial charge in [-0.15, -0.1) is 10.2 Å². The van der Waals surface area contributed by atoms with Gasteiger partial charge in [0, 0.05) is 26.0 Å². The molecule has 168 valence electrons. The van der Waals surface area contributed by atoms with E-state index in [2.05, 4.69) is 15.4 Å². The molecule has 32 heavy (non-hydrogen) atoms. The highest BCUT2D eigenvalue weighted by Crippen LogP contribution is 2.30. The normalized spacial score (nSPS) is 11.4. The summed E-state index contributed by atoms with van der Waals surface area (Å²) >= 11 is 0. The van der Waals surface area contributed by atoms with E-state index in [9.17, 15) is 22.8 Å². The Morgan fingerprint density at radius 1 is 1.00 bits per heavy atom. The highest BCUT2D eigenvalue weighted by Gasteiger charge is 2.29. The molecule has 7 nitrogen and oxygen atoms in total. The molecule has 2 amide bonds. The number of nitrogens with zero attached hydrogens (tertiary/aromatic N) is 5. The maximum absolute atomic E-state index is 12.8. The number of carbonyl (C=O) groups excluding carboxylic acids is 2. The lowest BCUT2D eigenvalue weighted by Crippen LogP contribution is -2.34. The zero-order valence-corrected chi connectivity index (χ0v) is 17.6. The number of halogens is 3. The maximum Gasteiger partial charge on any atom is 0.416 e. The monoisotopic (exact) mass is 445 g/mol. The molecule has 0 bridgehead atoms. The number of hydrogen-bond donors (Lipinski definition) is 0. The van der Waals surface area contributed by atoms with E-state index < -0.39 is 11.7 Å². The van der Waals surface area contributed by atoms with Crippen LogP contribution < -0.4 is 0 Å². The molecule has 0 N–H and O–H groups in total. The number of alkyl halides is 3. The fourth-order valence-electron chi connectivity index (χ4n) is 3.28. The largest absolute Gasteiger partial charge is 0.416 e. The number of tetrazole rings is 1. The van der Waals surface area contributed by atoms with Gasteiger partial charge in [0.15, 0.2) is 0 Å². The molecule has 0 aliphatic carbocycles. The lowest BCUT2D eigenvalue weighted by atomic mass is 9.98. The predicted octanol–water partition coefficient (Wildman–Crippen LogP) is 3.73. The SMILES string of the molecule is CC(=O)N(CCCn1nnc(-c2ccccc2Cc2ccc(C(F)(F)F)cc2)n1)C(C)=O. The van der Waals surface area contributed by atoms with Crippen LogP contribution in [0.15, 0.2) is 48.5 Å². The fraction of sp³-hybridized carbons (Fsp3) is 0.318. The number of carbonyl (C=O) groups is 2. The number of rotatable bonds is 7. The molecule has 10 heteroatoms. The van der Waals surface area contributed by atoms with Crippen molar-refractivity contribution >= 4 is 11.8 Å². The van der Waals surface area contributed by atoms with Crippen molar-refractivity contribution in [1.29, 1.82) is 0 Å². The Hall–Kier alpha value is -3.56. The van der Waals surface area contributed by atoms with Crippen molar-refractivity contribution in [3.05, 3.63) is 65.2 Å². The smallest absolute Gasteiger partial charge is 0.283 e. The van der Waals surface area contributed by atoms with E-state index in [0.29, 0.717) is 25.2 Å². The van der Waals surface area contributed by atoms with E-state index in [1.807, 2.05) is 24.3 Å². The first-order chi connectivity index (χ1) is 15.1. The van der Waals surface area contributed by atoms with Crippen LogP contribution >= 0.6 is 0 Å². The van der Waals surface area contributed by atoms with Gasteiger partial charge in [0.1, 0.15) is 0 Å². The van der Waals surface area contributed by atoms with Crippen LogP contribution in [0.4, 0.5) is 13.2 Å². The van der Waals surface area contributed by atoms with Gasteiger partial charge in [0.2, 0.25) is 17.6 Å². The number of amides is 2. The van der Waals surface area contributed by atoms with Crippen molar-refractivity contribution in [2.24, 2.45) is 0 Å². The lowest BCUT2D eigenvalue weighted by Gasteiger charge is -2.16. The van der Waals surface area contributed by atoms with Gasteiger partial charge >= 0.3 is 6.18 Å². The van der Waals surface area contributed by atoms with Crippen molar-refractivity contribution in [3.8, 4) is 11.4 Å². The summed E-state index contributed by atoms with van der Waals surface area (Å²) in [5, 5.41) is 12.5. The summed E-state index contributed by atoms with van der Waals surface area (Å²) < 4.78 is 38.4. The molecule has 2 aromatic carbocycles. The van der Waals surface area contributed by atoms with Gasteiger partial charge in [-0.05, 0) is 41.3 Å². The predicted molar refractivity (Wildman–Crippen MR) is 110 cm³/mol. The van der Waals surface area contributed by atoms with Crippen LogP contribution in [-0.2, 0) is 28.7 Å². The van der Waals surface area contributed by atoms with Crippen molar-refractivity contribution in [1.82, 2.24) is 25.1 Å². The zero-order chi connectivity index (χ0) is 23.3. The molecule has 0 radical (unpaired) electrons. The Morgan fingerprint density at radius 3 is 2.28 bits per heavy atom. The minimum Gasteiger partial charge on any atom is -0.283 e. The highest BCUT2D eigenvalue weighted by molar-refractivity contribution is 5.92. The van der Waals surface area contributed by atoms with E-state index in [1.165, 1.54) is 30.8 Å². The number of benzene rings is 2. The van der Waals surface area contributed by atoms with Gasteiger partial charge < -0.3 is 0 Å². The zero-order valence-electron chi connectivity index (χ0n) is 17.6. The number of imide groups is 1. The Kier molecular flexibility index (Phi) is 7.01. The van der Waals surface area contributed by atoms with Crippen LogP contribution in [0.1, 0.15) is 37.0 Å². The summed E-state index contributed by atoms with van der Waals surface area (Å²) in [6.07, 6.45) is -3.48. The summed E-state index contributed by atoms with van der Waals surface area (Å²) in [6.45, 7) is 3.29. The van der Waals surface area contributed by atoms with Crippen molar-refractivity contribution in [3.63, 3.8) is 0 Å². The maximum atomic E-state index is 12.8. The molecule has 0 saturated carbocycles. The third-order valence-electron chi connectivity index (χ3n) is 4.89. The van der Waals surface area contributed by atoms with Crippen molar-refractivity contribution in [2.45, 2.75) is 39.4 Å². The summed E-state index contributed by atoms with van der Waals surface area (Å²) in [5.74, 6) is -0.244. The third-order valence-corrected chi connectivity index (χ3v) is 4.89. The fourth-order valence-corrected chi connectivity index (χ4v) is 3.28. The second-order valence-corrected chi connectivity index (χ2v) is 7.28. The number of aryl methyl sites for hydroxylation is 1. The lowest BCUT2D eigenvalue weighted by molar-refractivity contribution is -0.142. The molecule has 0 unspecified atom stereocenters. The Balaban J connectivity index is 1.70. The van der Waals surface area contributed by atoms with Crippen molar-refractivity contribution < 1.29 is 22.8 Å². The average Bonchev–Trinajstić information content (AvgIpc) is 3.19. The Bertz CT molecular complexity index is 1080. The quantitative estimate of drug-likeness (QED) is 0.554. The molecule has 0 atom stereocenters. The van der Waals surface area contributed by atoms with Gasteiger partial charge in [-0.3, -0.25) is 14.5 Å². The first-order valence-corrected chi connectivity index (χ1v) is 9.96. The van der Waals surface area contributed by atoms with E-state index >= 15 is 0 Å². The van der Waals surface area contributed by atoms with Crippen LogP contribution in [0.3, 0.4) is 0 Å². The van der Waals surface area contributed by atoms with Gasteiger partial charge in [0.05, 0.1) is 12.1 Å². The van der Waals surface area contributed by atoms with E-state index in [4.69, 9.17) is 0 Å². The average molecular weight is 445 g/mol. The Morgan fingerprint density at radius 2 is 1.66 bits per heavy atom. The molecule has 0 saturated heterocycles. The molecule has 0 spiro atoms. The summed E-state index contributed by atoms with van der Waals surface area (Å²) in [6, 6.07) is 12.4. The molecule has 0 aliphatic rings. The number of aromatic nitrogens is 4. The molecule has 3 rings (SSSR count). The second-order valence-electron chi connectivity index (χ2n) is 7.28. The molecular formula is C22H22F3N5O2. The molecule has 3 aromatic rings. The second kappa shape index (κ2) is 9.71. The first-order valence-electron chi connectivity index (χ1n) is 9.96. The van der Waals surface area contributed by atoms with Crippen LogP contribution in [0.25, 0.3) is 11.4 Å². The van der Waals surface area contributed by atoms with Gasteiger partial charge in [-0.2, -0.15) is 18.0 Å². The molecule has 0 aliphatic heterocycles. The van der Waals surface area contributed by atoms with Crippen LogP contribution in [-0.4, -0.2) is 43.5 Å². The van der Waals surface area contributed by atoms with Crippen LogP contribution in [0, 0.1) is 0 Å². The standard InChI is InChI=1S/C22H22F3N5O2/c1-15(31)29(16(2)32)12-5-13-30-27-21(26-28-30)20-7-4-3-6-18(20)14-17-8-10-19(11-9-17)22(23,24)25/h3-4,6-11H,5,12-14H2,1-2H3. The summed E-state index contributed by atoms with van der Waals surface area (Å²) in [5.41, 5.74) is 1.62.